The van der Waals surface area contributed by atoms with Gasteiger partial charge in [-0.25, -0.2) is 0 Å². The minimum Gasteiger partial charge on any atom is -0.481 e. The molecule has 0 heterocycles. The highest BCUT2D eigenvalue weighted by atomic mass is 16.5. The van der Waals surface area contributed by atoms with Crippen LogP contribution in [0.1, 0.15) is 39.2 Å². The second-order valence-corrected chi connectivity index (χ2v) is 4.38. The van der Waals surface area contributed by atoms with Crippen LogP contribution in [-0.2, 0) is 4.79 Å². The molecule has 1 aromatic rings. The highest BCUT2D eigenvalue weighted by Gasteiger charge is 2.13. The summed E-state index contributed by atoms with van der Waals surface area (Å²) in [7, 11) is 0. The summed E-state index contributed by atoms with van der Waals surface area (Å²) in [6.07, 6.45) is -0.461. The number of benzene rings is 1. The largest absolute Gasteiger partial charge is 0.481 e. The molecule has 0 radical (unpaired) electrons. The zero-order valence-corrected chi connectivity index (χ0v) is 11.0. The van der Waals surface area contributed by atoms with Crippen LogP contribution in [-0.4, -0.2) is 18.6 Å². The van der Waals surface area contributed by atoms with Gasteiger partial charge in [-0.1, -0.05) is 26.0 Å². The summed E-state index contributed by atoms with van der Waals surface area (Å²) < 4.78 is 5.61. The fourth-order valence-electron chi connectivity index (χ4n) is 1.52. The molecule has 0 saturated heterocycles. The number of ether oxygens (including phenoxy) is 1. The van der Waals surface area contributed by atoms with Crippen LogP contribution in [0, 0.1) is 0 Å². The van der Waals surface area contributed by atoms with Crippen molar-refractivity contribution < 1.29 is 9.53 Å². The highest BCUT2D eigenvalue weighted by molar-refractivity contribution is 5.80. The highest BCUT2D eigenvalue weighted by Crippen LogP contribution is 2.20. The van der Waals surface area contributed by atoms with Gasteiger partial charge in [0.15, 0.2) is 6.10 Å². The Morgan fingerprint density at radius 1 is 1.35 bits per heavy atom. The molecule has 0 spiro atoms. The molecule has 3 heteroatoms. The predicted octanol–water partition coefficient (Wildman–Crippen LogP) is 2.71. The van der Waals surface area contributed by atoms with E-state index in [9.17, 15) is 4.79 Å². The van der Waals surface area contributed by atoms with Gasteiger partial charge in [-0.15, -0.1) is 0 Å². The van der Waals surface area contributed by atoms with Crippen molar-refractivity contribution in [2.45, 2.75) is 39.7 Å². The van der Waals surface area contributed by atoms with E-state index in [1.807, 2.05) is 25.1 Å². The number of likely N-dealkylation sites (N-methyl/N-ethyl adjacent to an activating group) is 1. The van der Waals surface area contributed by atoms with E-state index in [0.717, 1.165) is 5.75 Å². The van der Waals surface area contributed by atoms with Crippen LogP contribution in [0.2, 0.25) is 0 Å². The summed E-state index contributed by atoms with van der Waals surface area (Å²) in [5, 5.41) is 2.74. The van der Waals surface area contributed by atoms with E-state index < -0.39 is 6.10 Å². The summed E-state index contributed by atoms with van der Waals surface area (Å²) in [5.41, 5.74) is 1.21. The average Bonchev–Trinajstić information content (AvgIpc) is 2.29. The van der Waals surface area contributed by atoms with Crippen molar-refractivity contribution in [2.75, 3.05) is 6.54 Å². The minimum atomic E-state index is -0.461. The maximum Gasteiger partial charge on any atom is 0.260 e. The maximum absolute atomic E-state index is 11.5. The molecular formula is C14H21NO2. The van der Waals surface area contributed by atoms with Gasteiger partial charge in [0.05, 0.1) is 0 Å². The summed E-state index contributed by atoms with van der Waals surface area (Å²) in [5.74, 6) is 1.12. The van der Waals surface area contributed by atoms with Gasteiger partial charge in [0.1, 0.15) is 5.75 Å². The van der Waals surface area contributed by atoms with Crippen LogP contribution in [0.25, 0.3) is 0 Å². The Morgan fingerprint density at radius 3 is 2.65 bits per heavy atom. The third-order valence-electron chi connectivity index (χ3n) is 2.56. The molecule has 0 aromatic heterocycles. The molecule has 1 unspecified atom stereocenters. The first-order valence-electron chi connectivity index (χ1n) is 6.09. The first kappa shape index (κ1) is 13.6. The molecule has 0 fully saturated rings. The van der Waals surface area contributed by atoms with Crippen molar-refractivity contribution >= 4 is 5.91 Å². The van der Waals surface area contributed by atoms with E-state index in [4.69, 9.17) is 4.74 Å². The normalized spacial score (nSPS) is 12.3. The lowest BCUT2D eigenvalue weighted by atomic mass is 10.0. The number of carbonyl (C=O) groups is 1. The van der Waals surface area contributed by atoms with Crippen molar-refractivity contribution in [3.63, 3.8) is 0 Å². The Labute approximate surface area is 103 Å². The first-order chi connectivity index (χ1) is 8.04. The molecule has 1 atom stereocenters. The van der Waals surface area contributed by atoms with E-state index in [1.165, 1.54) is 5.56 Å². The number of hydrogen-bond acceptors (Lipinski definition) is 2. The summed E-state index contributed by atoms with van der Waals surface area (Å²) in [6, 6.07) is 7.88. The standard InChI is InChI=1S/C14H21NO2/c1-5-15-14(16)11(4)17-13-8-6-7-12(9-13)10(2)3/h6-11H,5H2,1-4H3,(H,15,16). The molecule has 1 amide bonds. The molecule has 0 aliphatic rings. The first-order valence-corrected chi connectivity index (χ1v) is 6.09. The molecular weight excluding hydrogens is 214 g/mol. The van der Waals surface area contributed by atoms with Gasteiger partial charge in [-0.05, 0) is 37.5 Å². The molecule has 3 nitrogen and oxygen atoms in total. The van der Waals surface area contributed by atoms with E-state index in [2.05, 4.69) is 25.2 Å². The van der Waals surface area contributed by atoms with Gasteiger partial charge < -0.3 is 10.1 Å². The van der Waals surface area contributed by atoms with E-state index in [0.29, 0.717) is 12.5 Å². The number of carbonyl (C=O) groups excluding carboxylic acids is 1. The second-order valence-electron chi connectivity index (χ2n) is 4.38. The topological polar surface area (TPSA) is 38.3 Å². The Kier molecular flexibility index (Phi) is 5.01. The molecule has 17 heavy (non-hydrogen) atoms. The van der Waals surface area contributed by atoms with Crippen LogP contribution in [0.15, 0.2) is 24.3 Å². The van der Waals surface area contributed by atoms with Gasteiger partial charge in [0, 0.05) is 6.54 Å². The Bertz CT molecular complexity index is 374. The Hall–Kier alpha value is -1.51. The fraction of sp³-hybridized carbons (Fsp3) is 0.500. The zero-order valence-electron chi connectivity index (χ0n) is 11.0. The predicted molar refractivity (Wildman–Crippen MR) is 69.3 cm³/mol. The molecule has 94 valence electrons. The van der Waals surface area contributed by atoms with Crippen LogP contribution in [0.5, 0.6) is 5.75 Å². The molecule has 1 aromatic carbocycles. The number of amides is 1. The number of hydrogen-bond donors (Lipinski definition) is 1. The maximum atomic E-state index is 11.5. The van der Waals surface area contributed by atoms with E-state index in [1.54, 1.807) is 6.92 Å². The molecule has 0 saturated carbocycles. The van der Waals surface area contributed by atoms with Gasteiger partial charge in [-0.2, -0.15) is 0 Å². The lowest BCUT2D eigenvalue weighted by Gasteiger charge is -2.15. The lowest BCUT2D eigenvalue weighted by Crippen LogP contribution is -2.36. The van der Waals surface area contributed by atoms with Gasteiger partial charge in [-0.3, -0.25) is 4.79 Å². The van der Waals surface area contributed by atoms with Crippen molar-refractivity contribution in [3.05, 3.63) is 29.8 Å². The third-order valence-corrected chi connectivity index (χ3v) is 2.56. The molecule has 0 bridgehead atoms. The van der Waals surface area contributed by atoms with Crippen LogP contribution < -0.4 is 10.1 Å². The van der Waals surface area contributed by atoms with Crippen molar-refractivity contribution in [1.82, 2.24) is 5.32 Å². The molecule has 0 aliphatic carbocycles. The van der Waals surface area contributed by atoms with Crippen molar-refractivity contribution in [3.8, 4) is 5.75 Å². The monoisotopic (exact) mass is 235 g/mol. The second kappa shape index (κ2) is 6.28. The quantitative estimate of drug-likeness (QED) is 0.852. The van der Waals surface area contributed by atoms with Crippen LogP contribution in [0.4, 0.5) is 0 Å². The van der Waals surface area contributed by atoms with E-state index >= 15 is 0 Å². The number of nitrogens with one attached hydrogen (secondary N) is 1. The van der Waals surface area contributed by atoms with Crippen LogP contribution >= 0.6 is 0 Å². The van der Waals surface area contributed by atoms with Gasteiger partial charge >= 0.3 is 0 Å². The van der Waals surface area contributed by atoms with Gasteiger partial charge in [0.25, 0.3) is 5.91 Å². The Balaban J connectivity index is 2.68. The Morgan fingerprint density at radius 2 is 2.06 bits per heavy atom. The zero-order chi connectivity index (χ0) is 12.8. The molecule has 1 N–H and O–H groups in total. The van der Waals surface area contributed by atoms with Crippen molar-refractivity contribution in [2.24, 2.45) is 0 Å². The van der Waals surface area contributed by atoms with Crippen molar-refractivity contribution in [1.29, 1.82) is 0 Å². The third kappa shape index (κ3) is 4.10. The lowest BCUT2D eigenvalue weighted by molar-refractivity contribution is -0.127. The molecule has 0 aliphatic heterocycles. The van der Waals surface area contributed by atoms with Gasteiger partial charge in [0.2, 0.25) is 0 Å². The smallest absolute Gasteiger partial charge is 0.260 e. The summed E-state index contributed by atoms with van der Waals surface area (Å²) >= 11 is 0. The minimum absolute atomic E-state index is 0.0811. The summed E-state index contributed by atoms with van der Waals surface area (Å²) in [4.78, 5) is 11.5. The van der Waals surface area contributed by atoms with E-state index in [-0.39, 0.29) is 5.91 Å². The SMILES string of the molecule is CCNC(=O)C(C)Oc1cccc(C(C)C)c1. The fourth-order valence-corrected chi connectivity index (χ4v) is 1.52. The molecule has 1 rings (SSSR count). The summed E-state index contributed by atoms with van der Waals surface area (Å²) in [6.45, 7) is 8.54. The van der Waals surface area contributed by atoms with Crippen LogP contribution in [0.3, 0.4) is 0 Å². The average molecular weight is 235 g/mol. The number of rotatable bonds is 5.